The Bertz CT molecular complexity index is 777. The van der Waals surface area contributed by atoms with Gasteiger partial charge in [0, 0.05) is 24.7 Å². The Labute approximate surface area is 166 Å². The quantitative estimate of drug-likeness (QED) is 0.565. The third kappa shape index (κ3) is 6.11. The fourth-order valence-corrected chi connectivity index (χ4v) is 2.70. The number of carbonyl (C=O) groups excluding carboxylic acids is 2. The molecule has 7 heteroatoms. The molecule has 1 amide bonds. The summed E-state index contributed by atoms with van der Waals surface area (Å²) in [6.07, 6.45) is 5.27. The van der Waals surface area contributed by atoms with Crippen LogP contribution in [-0.2, 0) is 14.3 Å². The molecule has 0 radical (unpaired) electrons. The second-order valence-corrected chi connectivity index (χ2v) is 7.28. The van der Waals surface area contributed by atoms with Gasteiger partial charge in [0.2, 0.25) is 5.88 Å². The molecule has 0 aromatic carbocycles. The Balaban J connectivity index is 2.11. The summed E-state index contributed by atoms with van der Waals surface area (Å²) >= 11 is 0. The second-order valence-electron chi connectivity index (χ2n) is 7.28. The Morgan fingerprint density at radius 1 is 1.29 bits per heavy atom. The van der Waals surface area contributed by atoms with Crippen LogP contribution in [0.2, 0.25) is 0 Å². The Kier molecular flexibility index (Phi) is 7.20. The van der Waals surface area contributed by atoms with Crippen molar-refractivity contribution in [2.24, 2.45) is 0 Å². The molecular formula is C21H28N2O5. The van der Waals surface area contributed by atoms with E-state index in [4.69, 9.17) is 14.2 Å². The number of methoxy groups -OCH3 is 1. The highest BCUT2D eigenvalue weighted by Crippen LogP contribution is 2.29. The first-order valence-corrected chi connectivity index (χ1v) is 9.30. The average Bonchev–Trinajstić information content (AvgIpc) is 2.65. The standard InChI is InChI=1S/C21H28N2O5/c1-6-27-18(24)10-8-16-7-9-17(19(22-16)26-5)15-11-13-23(14-12-15)20(25)28-21(2,3)4/h7-11H,6,12-14H2,1-5H3/b10-8+. The molecule has 28 heavy (non-hydrogen) atoms. The minimum atomic E-state index is -0.513. The van der Waals surface area contributed by atoms with Gasteiger partial charge in [-0.05, 0) is 57.9 Å². The number of pyridine rings is 1. The van der Waals surface area contributed by atoms with Gasteiger partial charge in [0.25, 0.3) is 0 Å². The lowest BCUT2D eigenvalue weighted by Crippen LogP contribution is -2.39. The van der Waals surface area contributed by atoms with Crippen molar-refractivity contribution in [3.8, 4) is 5.88 Å². The van der Waals surface area contributed by atoms with Gasteiger partial charge in [-0.15, -0.1) is 0 Å². The van der Waals surface area contributed by atoms with Crippen LogP contribution in [0.25, 0.3) is 11.6 Å². The number of esters is 1. The first-order chi connectivity index (χ1) is 13.2. The molecule has 0 fully saturated rings. The molecule has 0 spiro atoms. The highest BCUT2D eigenvalue weighted by atomic mass is 16.6. The molecule has 0 saturated heterocycles. The van der Waals surface area contributed by atoms with E-state index in [1.165, 1.54) is 6.08 Å². The maximum Gasteiger partial charge on any atom is 0.410 e. The summed E-state index contributed by atoms with van der Waals surface area (Å²) in [6, 6.07) is 3.72. The molecular weight excluding hydrogens is 360 g/mol. The molecule has 0 atom stereocenters. The number of ether oxygens (including phenoxy) is 3. The van der Waals surface area contributed by atoms with Gasteiger partial charge in [0.05, 0.1) is 19.4 Å². The summed E-state index contributed by atoms with van der Waals surface area (Å²) in [5.74, 6) is 0.0625. The molecule has 1 aromatic heterocycles. The van der Waals surface area contributed by atoms with E-state index in [-0.39, 0.29) is 6.09 Å². The molecule has 0 N–H and O–H groups in total. The normalized spacial score (nSPS) is 14.6. The maximum absolute atomic E-state index is 12.2. The monoisotopic (exact) mass is 388 g/mol. The topological polar surface area (TPSA) is 78.0 Å². The third-order valence-electron chi connectivity index (χ3n) is 3.96. The molecule has 1 aromatic rings. The lowest BCUT2D eigenvalue weighted by Gasteiger charge is -2.29. The number of hydrogen-bond acceptors (Lipinski definition) is 6. The minimum Gasteiger partial charge on any atom is -0.481 e. The third-order valence-corrected chi connectivity index (χ3v) is 3.96. The molecule has 1 aliphatic rings. The maximum atomic E-state index is 12.2. The van der Waals surface area contributed by atoms with Crippen LogP contribution in [0.15, 0.2) is 24.3 Å². The first-order valence-electron chi connectivity index (χ1n) is 9.30. The van der Waals surface area contributed by atoms with Crippen LogP contribution in [-0.4, -0.2) is 54.4 Å². The second kappa shape index (κ2) is 9.39. The first kappa shape index (κ1) is 21.5. The van der Waals surface area contributed by atoms with Gasteiger partial charge in [-0.1, -0.05) is 6.08 Å². The van der Waals surface area contributed by atoms with E-state index >= 15 is 0 Å². The Hall–Kier alpha value is -2.83. The van der Waals surface area contributed by atoms with Crippen molar-refractivity contribution in [2.45, 2.75) is 39.7 Å². The van der Waals surface area contributed by atoms with Gasteiger partial charge in [0.15, 0.2) is 0 Å². The van der Waals surface area contributed by atoms with E-state index in [1.54, 1.807) is 25.0 Å². The zero-order chi connectivity index (χ0) is 20.7. The van der Waals surface area contributed by atoms with Crippen LogP contribution in [0.1, 0.15) is 45.4 Å². The van der Waals surface area contributed by atoms with Crippen molar-refractivity contribution < 1.29 is 23.8 Å². The predicted molar refractivity (Wildman–Crippen MR) is 107 cm³/mol. The van der Waals surface area contributed by atoms with Gasteiger partial charge in [-0.2, -0.15) is 0 Å². The lowest BCUT2D eigenvalue weighted by molar-refractivity contribution is -0.137. The fraction of sp³-hybridized carbons (Fsp3) is 0.476. The van der Waals surface area contributed by atoms with Crippen LogP contribution in [0, 0.1) is 0 Å². The molecule has 152 valence electrons. The number of nitrogens with zero attached hydrogens (tertiary/aromatic N) is 2. The molecule has 1 aliphatic heterocycles. The summed E-state index contributed by atoms with van der Waals surface area (Å²) in [4.78, 5) is 29.7. The van der Waals surface area contributed by atoms with Crippen molar-refractivity contribution in [3.63, 3.8) is 0 Å². The zero-order valence-corrected chi connectivity index (χ0v) is 17.2. The molecule has 0 unspecified atom stereocenters. The summed E-state index contributed by atoms with van der Waals surface area (Å²) in [5.41, 5.74) is 2.02. The van der Waals surface area contributed by atoms with Gasteiger partial charge in [-0.25, -0.2) is 14.6 Å². The number of aromatic nitrogens is 1. The molecule has 2 rings (SSSR count). The van der Waals surface area contributed by atoms with E-state index in [0.717, 1.165) is 11.1 Å². The van der Waals surface area contributed by atoms with Gasteiger partial charge in [-0.3, -0.25) is 0 Å². The molecule has 0 bridgehead atoms. The van der Waals surface area contributed by atoms with E-state index in [2.05, 4.69) is 4.98 Å². The Morgan fingerprint density at radius 2 is 2.04 bits per heavy atom. The van der Waals surface area contributed by atoms with E-state index in [0.29, 0.717) is 37.7 Å². The van der Waals surface area contributed by atoms with E-state index in [9.17, 15) is 9.59 Å². The predicted octanol–water partition coefficient (Wildman–Crippen LogP) is 3.69. The summed E-state index contributed by atoms with van der Waals surface area (Å²) in [6.45, 7) is 8.67. The summed E-state index contributed by atoms with van der Waals surface area (Å²) in [5, 5.41) is 0. The zero-order valence-electron chi connectivity index (χ0n) is 17.2. The largest absolute Gasteiger partial charge is 0.481 e. The smallest absolute Gasteiger partial charge is 0.410 e. The van der Waals surface area contributed by atoms with Gasteiger partial charge >= 0.3 is 12.1 Å². The van der Waals surface area contributed by atoms with Crippen LogP contribution in [0.4, 0.5) is 4.79 Å². The number of rotatable bonds is 5. The van der Waals surface area contributed by atoms with Crippen LogP contribution in [0.5, 0.6) is 5.88 Å². The van der Waals surface area contributed by atoms with Crippen molar-refractivity contribution in [1.82, 2.24) is 9.88 Å². The highest BCUT2D eigenvalue weighted by molar-refractivity contribution is 5.86. The van der Waals surface area contributed by atoms with Crippen LogP contribution < -0.4 is 4.74 Å². The van der Waals surface area contributed by atoms with Gasteiger partial charge in [0.1, 0.15) is 5.60 Å². The Morgan fingerprint density at radius 3 is 2.61 bits per heavy atom. The average molecular weight is 388 g/mol. The summed E-state index contributed by atoms with van der Waals surface area (Å²) in [7, 11) is 1.56. The minimum absolute atomic E-state index is 0.313. The van der Waals surface area contributed by atoms with Crippen molar-refractivity contribution in [2.75, 3.05) is 26.8 Å². The SMILES string of the molecule is CCOC(=O)/C=C/c1ccc(C2=CCN(C(=O)OC(C)(C)C)CC2)c(OC)n1. The van der Waals surface area contributed by atoms with Crippen molar-refractivity contribution >= 4 is 23.7 Å². The lowest BCUT2D eigenvalue weighted by atomic mass is 10.00. The van der Waals surface area contributed by atoms with Crippen molar-refractivity contribution in [1.29, 1.82) is 0 Å². The number of carbonyl (C=O) groups is 2. The molecule has 0 aliphatic carbocycles. The van der Waals surface area contributed by atoms with E-state index in [1.807, 2.05) is 39.0 Å². The number of hydrogen-bond donors (Lipinski definition) is 0. The molecule has 7 nitrogen and oxygen atoms in total. The number of amides is 1. The van der Waals surface area contributed by atoms with Crippen LogP contribution in [0.3, 0.4) is 0 Å². The summed E-state index contributed by atoms with van der Waals surface area (Å²) < 4.78 is 15.7. The fourth-order valence-electron chi connectivity index (χ4n) is 2.70. The van der Waals surface area contributed by atoms with Gasteiger partial charge < -0.3 is 19.1 Å². The molecule has 2 heterocycles. The molecule has 0 saturated carbocycles. The van der Waals surface area contributed by atoms with Crippen LogP contribution >= 0.6 is 0 Å². The van der Waals surface area contributed by atoms with Crippen molar-refractivity contribution in [3.05, 3.63) is 35.5 Å². The highest BCUT2D eigenvalue weighted by Gasteiger charge is 2.24. The van der Waals surface area contributed by atoms with E-state index < -0.39 is 11.6 Å².